The Morgan fingerprint density at radius 3 is 2.47 bits per heavy atom. The molecule has 5 heteroatoms. The SMILES string of the molecule is CC1CCCN1C(=O)NC(CC(=O)O)CC(C)(C)C. The molecule has 0 spiro atoms. The maximum absolute atomic E-state index is 12.2. The Morgan fingerprint density at radius 1 is 1.42 bits per heavy atom. The summed E-state index contributed by atoms with van der Waals surface area (Å²) in [7, 11) is 0. The number of nitrogens with zero attached hydrogens (tertiary/aromatic N) is 1. The van der Waals surface area contributed by atoms with Crippen molar-refractivity contribution in [2.45, 2.75) is 65.5 Å². The van der Waals surface area contributed by atoms with Crippen LogP contribution in [0.15, 0.2) is 0 Å². The van der Waals surface area contributed by atoms with Crippen molar-refractivity contribution in [1.29, 1.82) is 0 Å². The van der Waals surface area contributed by atoms with E-state index in [0.717, 1.165) is 19.4 Å². The van der Waals surface area contributed by atoms with Crippen molar-refractivity contribution < 1.29 is 14.7 Å². The van der Waals surface area contributed by atoms with E-state index in [0.29, 0.717) is 6.42 Å². The Labute approximate surface area is 115 Å². The first-order valence-corrected chi connectivity index (χ1v) is 6.98. The number of carbonyl (C=O) groups excluding carboxylic acids is 1. The van der Waals surface area contributed by atoms with Crippen LogP contribution in [0.4, 0.5) is 4.79 Å². The molecule has 0 saturated carbocycles. The molecule has 0 aromatic heterocycles. The van der Waals surface area contributed by atoms with Crippen LogP contribution in [0.25, 0.3) is 0 Å². The van der Waals surface area contributed by atoms with E-state index in [1.54, 1.807) is 4.90 Å². The second kappa shape index (κ2) is 6.26. The quantitative estimate of drug-likeness (QED) is 0.824. The van der Waals surface area contributed by atoms with Crippen molar-refractivity contribution in [1.82, 2.24) is 10.2 Å². The predicted molar refractivity (Wildman–Crippen MR) is 74.0 cm³/mol. The maximum Gasteiger partial charge on any atom is 0.317 e. The van der Waals surface area contributed by atoms with Gasteiger partial charge in [0.1, 0.15) is 0 Å². The number of urea groups is 1. The third-order valence-electron chi connectivity index (χ3n) is 3.42. The molecule has 2 N–H and O–H groups in total. The van der Waals surface area contributed by atoms with Crippen LogP contribution in [-0.2, 0) is 4.79 Å². The highest BCUT2D eigenvalue weighted by atomic mass is 16.4. The number of carboxylic acids is 1. The standard InChI is InChI=1S/C14H26N2O3/c1-10-6-5-7-16(10)13(19)15-11(8-12(17)18)9-14(2,3)4/h10-11H,5-9H2,1-4H3,(H,15,19)(H,17,18). The van der Waals surface area contributed by atoms with Crippen LogP contribution in [0.5, 0.6) is 0 Å². The molecule has 0 radical (unpaired) electrons. The van der Waals surface area contributed by atoms with Gasteiger partial charge in [0, 0.05) is 18.6 Å². The molecule has 1 aliphatic heterocycles. The van der Waals surface area contributed by atoms with E-state index < -0.39 is 5.97 Å². The molecule has 0 aromatic rings. The van der Waals surface area contributed by atoms with Crippen molar-refractivity contribution in [2.75, 3.05) is 6.54 Å². The van der Waals surface area contributed by atoms with Gasteiger partial charge in [0.05, 0.1) is 6.42 Å². The van der Waals surface area contributed by atoms with E-state index in [1.807, 2.05) is 27.7 Å². The number of rotatable bonds is 4. The number of hydrogen-bond donors (Lipinski definition) is 2. The largest absolute Gasteiger partial charge is 0.481 e. The normalized spacial score (nSPS) is 21.3. The fourth-order valence-electron chi connectivity index (χ4n) is 2.62. The molecule has 0 bridgehead atoms. The van der Waals surface area contributed by atoms with Gasteiger partial charge in [-0.15, -0.1) is 0 Å². The fraction of sp³-hybridized carbons (Fsp3) is 0.857. The van der Waals surface area contributed by atoms with Crippen LogP contribution in [0, 0.1) is 5.41 Å². The average molecular weight is 270 g/mol. The summed E-state index contributed by atoms with van der Waals surface area (Å²) in [6, 6.07) is -0.182. The molecule has 2 atom stereocenters. The van der Waals surface area contributed by atoms with Gasteiger partial charge in [-0.05, 0) is 31.6 Å². The lowest BCUT2D eigenvalue weighted by molar-refractivity contribution is -0.137. The van der Waals surface area contributed by atoms with Crippen LogP contribution >= 0.6 is 0 Å². The summed E-state index contributed by atoms with van der Waals surface area (Å²) < 4.78 is 0. The summed E-state index contributed by atoms with van der Waals surface area (Å²) >= 11 is 0. The highest BCUT2D eigenvalue weighted by Crippen LogP contribution is 2.23. The fourth-order valence-corrected chi connectivity index (χ4v) is 2.62. The average Bonchev–Trinajstić information content (AvgIpc) is 2.60. The summed E-state index contributed by atoms with van der Waals surface area (Å²) in [6.07, 6.45) is 2.69. The molecule has 0 aromatic carbocycles. The van der Waals surface area contributed by atoms with Gasteiger partial charge in [0.25, 0.3) is 0 Å². The Bertz CT molecular complexity index is 336. The van der Waals surface area contributed by atoms with Crippen molar-refractivity contribution in [3.05, 3.63) is 0 Å². The van der Waals surface area contributed by atoms with Crippen molar-refractivity contribution in [3.8, 4) is 0 Å². The summed E-state index contributed by atoms with van der Waals surface area (Å²) in [5, 5.41) is 11.8. The lowest BCUT2D eigenvalue weighted by Gasteiger charge is -2.29. The van der Waals surface area contributed by atoms with E-state index in [1.165, 1.54) is 0 Å². The zero-order valence-corrected chi connectivity index (χ0v) is 12.4. The van der Waals surface area contributed by atoms with E-state index in [9.17, 15) is 9.59 Å². The van der Waals surface area contributed by atoms with E-state index in [4.69, 9.17) is 5.11 Å². The Hall–Kier alpha value is -1.26. The molecule has 110 valence electrons. The molecule has 0 aliphatic carbocycles. The van der Waals surface area contributed by atoms with E-state index in [-0.39, 0.29) is 30.0 Å². The lowest BCUT2D eigenvalue weighted by atomic mass is 9.87. The zero-order valence-electron chi connectivity index (χ0n) is 12.4. The zero-order chi connectivity index (χ0) is 14.6. The smallest absolute Gasteiger partial charge is 0.317 e. The number of carbonyl (C=O) groups is 2. The van der Waals surface area contributed by atoms with Crippen molar-refractivity contribution >= 4 is 12.0 Å². The maximum atomic E-state index is 12.2. The van der Waals surface area contributed by atoms with Gasteiger partial charge in [-0.3, -0.25) is 4.79 Å². The molecular weight excluding hydrogens is 244 g/mol. The number of likely N-dealkylation sites (tertiary alicyclic amines) is 1. The monoisotopic (exact) mass is 270 g/mol. The molecule has 1 heterocycles. The first-order chi connectivity index (χ1) is 8.69. The molecule has 1 aliphatic rings. The van der Waals surface area contributed by atoms with Crippen molar-refractivity contribution in [2.24, 2.45) is 5.41 Å². The summed E-state index contributed by atoms with van der Waals surface area (Å²) in [5.41, 5.74) is -0.00990. The van der Waals surface area contributed by atoms with E-state index in [2.05, 4.69) is 5.32 Å². The van der Waals surface area contributed by atoms with Crippen LogP contribution in [0.2, 0.25) is 0 Å². The molecular formula is C14H26N2O3. The summed E-state index contributed by atoms with van der Waals surface area (Å²) in [6.45, 7) is 8.94. The highest BCUT2D eigenvalue weighted by Gasteiger charge is 2.28. The third-order valence-corrected chi connectivity index (χ3v) is 3.42. The minimum Gasteiger partial charge on any atom is -0.481 e. The minimum absolute atomic E-state index is 0.00990. The number of amides is 2. The predicted octanol–water partition coefficient (Wildman–Crippen LogP) is 2.46. The summed E-state index contributed by atoms with van der Waals surface area (Å²) in [4.78, 5) is 24.9. The molecule has 2 amide bonds. The van der Waals surface area contributed by atoms with Gasteiger partial charge >= 0.3 is 12.0 Å². The minimum atomic E-state index is -0.871. The first kappa shape index (κ1) is 15.8. The van der Waals surface area contributed by atoms with Crippen molar-refractivity contribution in [3.63, 3.8) is 0 Å². The molecule has 5 nitrogen and oxygen atoms in total. The van der Waals surface area contributed by atoms with Crippen LogP contribution in [-0.4, -0.2) is 40.6 Å². The van der Waals surface area contributed by atoms with Crippen LogP contribution in [0.1, 0.15) is 53.4 Å². The molecule has 1 fully saturated rings. The number of aliphatic carboxylic acids is 1. The number of nitrogens with one attached hydrogen (secondary N) is 1. The molecule has 2 unspecified atom stereocenters. The Morgan fingerprint density at radius 2 is 2.05 bits per heavy atom. The Kier molecular flexibility index (Phi) is 5.20. The van der Waals surface area contributed by atoms with Gasteiger partial charge in [-0.25, -0.2) is 4.79 Å². The van der Waals surface area contributed by atoms with Gasteiger partial charge in [-0.2, -0.15) is 0 Å². The van der Waals surface area contributed by atoms with Crippen LogP contribution < -0.4 is 5.32 Å². The lowest BCUT2D eigenvalue weighted by Crippen LogP contribution is -2.47. The second-order valence-electron chi connectivity index (χ2n) is 6.69. The van der Waals surface area contributed by atoms with Gasteiger partial charge in [0.15, 0.2) is 0 Å². The molecule has 19 heavy (non-hydrogen) atoms. The van der Waals surface area contributed by atoms with Gasteiger partial charge < -0.3 is 15.3 Å². The number of carboxylic acid groups (broad SMARTS) is 1. The third kappa shape index (κ3) is 5.49. The molecule has 1 rings (SSSR count). The first-order valence-electron chi connectivity index (χ1n) is 6.98. The topological polar surface area (TPSA) is 69.6 Å². The van der Waals surface area contributed by atoms with Gasteiger partial charge in [0.2, 0.25) is 0 Å². The summed E-state index contributed by atoms with van der Waals surface area (Å²) in [5.74, 6) is -0.871. The van der Waals surface area contributed by atoms with Crippen LogP contribution in [0.3, 0.4) is 0 Å². The van der Waals surface area contributed by atoms with E-state index >= 15 is 0 Å². The molecule has 1 saturated heterocycles. The highest BCUT2D eigenvalue weighted by molar-refractivity contribution is 5.76. The van der Waals surface area contributed by atoms with Gasteiger partial charge in [-0.1, -0.05) is 20.8 Å². The Balaban J connectivity index is 2.60. The number of hydrogen-bond acceptors (Lipinski definition) is 2. The second-order valence-corrected chi connectivity index (χ2v) is 6.69.